The Balaban J connectivity index is 4.08. The van der Waals surface area contributed by atoms with Gasteiger partial charge in [0, 0.05) is 0 Å². The number of halogens is 1. The Kier molecular flexibility index (Phi) is 6.97. The van der Waals surface area contributed by atoms with Crippen LogP contribution in [0, 0.1) is 0 Å². The summed E-state index contributed by atoms with van der Waals surface area (Å²) in [7, 11) is 0. The third kappa shape index (κ3) is 5.85. The van der Waals surface area contributed by atoms with E-state index in [0.717, 1.165) is 0 Å². The van der Waals surface area contributed by atoms with E-state index in [1.165, 1.54) is 13.8 Å². The number of hydrogen-bond donors (Lipinski definition) is 2. The molecule has 0 aromatic rings. The number of carbonyl (C=O) groups is 3. The van der Waals surface area contributed by atoms with Gasteiger partial charge in [-0.2, -0.15) is 0 Å². The second-order valence-corrected chi connectivity index (χ2v) is 4.48. The van der Waals surface area contributed by atoms with Crippen LogP contribution in [0.4, 0.5) is 0 Å². The molecular weight excluding hydrogens is 333 g/mol. The molecule has 0 heterocycles. The van der Waals surface area contributed by atoms with Crippen LogP contribution >= 0.6 is 0 Å². The summed E-state index contributed by atoms with van der Waals surface area (Å²) in [6.45, 7) is 2.52. The van der Waals surface area contributed by atoms with Crippen LogP contribution in [-0.2, 0) is 23.9 Å². The number of rotatable bonds is 6. The molecule has 16 heavy (non-hydrogen) atoms. The van der Waals surface area contributed by atoms with E-state index in [1.54, 1.807) is 0 Å². The summed E-state index contributed by atoms with van der Waals surface area (Å²) < 4.78 is 14.5. The normalized spacial score (nSPS) is 13.9. The first-order chi connectivity index (χ1) is 7.38. The number of ether oxygens (including phenoxy) is 2. The summed E-state index contributed by atoms with van der Waals surface area (Å²) in [5.74, 6) is -2.74. The van der Waals surface area contributed by atoms with Crippen molar-refractivity contribution < 1.29 is 50.4 Å². The first kappa shape index (κ1) is 15.1. The van der Waals surface area contributed by atoms with Gasteiger partial charge in [0.1, 0.15) is 0 Å². The molecule has 2 unspecified atom stereocenters. The number of carboxylic acids is 1. The molecule has 0 spiro atoms. The quantitative estimate of drug-likeness (QED) is 0.217. The Morgan fingerprint density at radius 1 is 1.25 bits per heavy atom. The van der Waals surface area contributed by atoms with Gasteiger partial charge in [0.05, 0.1) is 0 Å². The summed E-state index contributed by atoms with van der Waals surface area (Å²) in [5.41, 5.74) is 0. The molecule has 0 fully saturated rings. The maximum atomic E-state index is 11.2. The predicted octanol–water partition coefficient (Wildman–Crippen LogP) is -4.10. The van der Waals surface area contributed by atoms with Crippen LogP contribution in [0.2, 0.25) is 0 Å². The monoisotopic (exact) mass is 346 g/mol. The van der Waals surface area contributed by atoms with Crippen molar-refractivity contribution in [2.24, 2.45) is 3.95 Å². The van der Waals surface area contributed by atoms with E-state index in [0.29, 0.717) is 0 Å². The van der Waals surface area contributed by atoms with Crippen molar-refractivity contribution >= 4 is 17.9 Å². The molecular formula is C8H13INO6-. The molecule has 0 aliphatic carbocycles. The number of carboxylic acid groups (broad SMARTS) is 1. The van der Waals surface area contributed by atoms with Gasteiger partial charge in [-0.05, 0) is 0 Å². The van der Waals surface area contributed by atoms with E-state index in [1.807, 2.05) is 0 Å². The van der Waals surface area contributed by atoms with Crippen molar-refractivity contribution in [3.8, 4) is 0 Å². The Bertz CT molecular complexity index is 282. The number of alkyl halides is 1. The van der Waals surface area contributed by atoms with Gasteiger partial charge in [-0.25, -0.2) is 0 Å². The fourth-order valence-electron chi connectivity index (χ4n) is 0.660. The number of carbonyl (C=O) groups excluding carboxylic acids is 2. The van der Waals surface area contributed by atoms with Crippen molar-refractivity contribution in [3.05, 3.63) is 0 Å². The van der Waals surface area contributed by atoms with E-state index < -0.39 is 51.6 Å². The molecule has 0 aliphatic rings. The number of hydrogen-bond acceptors (Lipinski definition) is 6. The molecule has 0 aromatic carbocycles. The van der Waals surface area contributed by atoms with Crippen LogP contribution < -0.4 is 25.4 Å². The van der Waals surface area contributed by atoms with Gasteiger partial charge >= 0.3 is 103 Å². The van der Waals surface area contributed by atoms with Crippen LogP contribution in [0.3, 0.4) is 0 Å². The summed E-state index contributed by atoms with van der Waals surface area (Å²) in [6, 6.07) is 0. The predicted molar refractivity (Wildman–Crippen MR) is 47.8 cm³/mol. The molecule has 0 saturated heterocycles. The van der Waals surface area contributed by atoms with E-state index in [-0.39, 0.29) is 4.43 Å². The van der Waals surface area contributed by atoms with Gasteiger partial charge in [0.15, 0.2) is 0 Å². The topological polar surface area (TPSA) is 116 Å². The molecule has 0 saturated carbocycles. The van der Waals surface area contributed by atoms with Crippen molar-refractivity contribution in [3.63, 3.8) is 0 Å². The van der Waals surface area contributed by atoms with Crippen molar-refractivity contribution in [2.45, 2.75) is 26.1 Å². The number of esters is 2. The molecule has 3 N–H and O–H groups in total. The van der Waals surface area contributed by atoms with Crippen molar-refractivity contribution in [1.29, 1.82) is 0 Å². The molecule has 0 radical (unpaired) electrons. The van der Waals surface area contributed by atoms with Crippen molar-refractivity contribution in [1.82, 2.24) is 0 Å². The van der Waals surface area contributed by atoms with Crippen LogP contribution in [0.15, 0.2) is 0 Å². The SMILES string of the molecule is CC(OC(=O)C(C)OC(=O)C[I-]N)C(=O)O. The second-order valence-electron chi connectivity index (χ2n) is 2.84. The first-order valence-electron chi connectivity index (χ1n) is 4.29. The second kappa shape index (κ2) is 7.39. The minimum atomic E-state index is -1.27. The molecule has 0 bridgehead atoms. The van der Waals surface area contributed by atoms with Crippen molar-refractivity contribution in [2.75, 3.05) is 4.43 Å². The summed E-state index contributed by atoms with van der Waals surface area (Å²) >= 11 is -0.733. The van der Waals surface area contributed by atoms with Crippen LogP contribution in [0.1, 0.15) is 13.8 Å². The maximum absolute atomic E-state index is 11.2. The Morgan fingerprint density at radius 3 is 2.25 bits per heavy atom. The van der Waals surface area contributed by atoms with Crippen LogP contribution in [-0.4, -0.2) is 39.6 Å². The Labute approximate surface area is 103 Å². The van der Waals surface area contributed by atoms with Gasteiger partial charge < -0.3 is 0 Å². The molecule has 0 amide bonds. The van der Waals surface area contributed by atoms with E-state index in [4.69, 9.17) is 9.05 Å². The van der Waals surface area contributed by atoms with Gasteiger partial charge in [0.25, 0.3) is 0 Å². The molecule has 2 atom stereocenters. The standard InChI is InChI=1S/C8H13INO6/c1-4(7(12)13)16-8(14)5(2)15-6(11)3-9-10/h4-5H,3,10H2,1-2H3,(H,12,13)/q-1. The zero-order chi connectivity index (χ0) is 12.7. The Hall–Kier alpha value is -0.900. The minimum absolute atomic E-state index is 0.102. The molecule has 0 aliphatic heterocycles. The summed E-state index contributed by atoms with van der Waals surface area (Å²) in [6.07, 6.45) is -2.39. The van der Waals surface area contributed by atoms with Crippen LogP contribution in [0.5, 0.6) is 0 Å². The first-order valence-corrected chi connectivity index (χ1v) is 7.06. The fraction of sp³-hybridized carbons (Fsp3) is 0.625. The Morgan fingerprint density at radius 2 is 1.81 bits per heavy atom. The van der Waals surface area contributed by atoms with Gasteiger partial charge in [-0.1, -0.05) is 0 Å². The fourth-order valence-corrected chi connectivity index (χ4v) is 1.20. The number of aliphatic carboxylic acids is 1. The summed E-state index contributed by atoms with van der Waals surface area (Å²) in [5, 5.41) is 8.48. The zero-order valence-electron chi connectivity index (χ0n) is 8.81. The van der Waals surface area contributed by atoms with Gasteiger partial charge in [0.2, 0.25) is 0 Å². The molecule has 94 valence electrons. The van der Waals surface area contributed by atoms with Gasteiger partial charge in [-0.3, -0.25) is 0 Å². The average molecular weight is 346 g/mol. The molecule has 8 heteroatoms. The molecule has 7 nitrogen and oxygen atoms in total. The van der Waals surface area contributed by atoms with Gasteiger partial charge in [-0.15, -0.1) is 0 Å². The van der Waals surface area contributed by atoms with E-state index >= 15 is 0 Å². The molecule has 0 aromatic heterocycles. The number of nitrogens with two attached hydrogens (primary N) is 1. The zero-order valence-corrected chi connectivity index (χ0v) is 11.0. The average Bonchev–Trinajstić information content (AvgIpc) is 2.17. The third-order valence-electron chi connectivity index (χ3n) is 1.47. The summed E-state index contributed by atoms with van der Waals surface area (Å²) in [4.78, 5) is 32.6. The third-order valence-corrected chi connectivity index (χ3v) is 2.53. The van der Waals surface area contributed by atoms with Crippen LogP contribution in [0.25, 0.3) is 0 Å². The van der Waals surface area contributed by atoms with E-state index in [2.05, 4.69) is 9.47 Å². The molecule has 0 rings (SSSR count). The van der Waals surface area contributed by atoms with E-state index in [9.17, 15) is 14.4 Å².